The maximum atomic E-state index is 14.0. The summed E-state index contributed by atoms with van der Waals surface area (Å²) in [6.07, 6.45) is 1.56. The van der Waals surface area contributed by atoms with Crippen LogP contribution in [-0.4, -0.2) is 33.4 Å². The number of fused-ring (bicyclic) bond motifs is 1. The fourth-order valence-corrected chi connectivity index (χ4v) is 4.76. The van der Waals surface area contributed by atoms with Crippen LogP contribution in [0.4, 0.5) is 14.5 Å². The van der Waals surface area contributed by atoms with Crippen LogP contribution >= 0.6 is 11.6 Å². The van der Waals surface area contributed by atoms with Gasteiger partial charge in [-0.2, -0.15) is 0 Å². The van der Waals surface area contributed by atoms with Gasteiger partial charge in [0.15, 0.2) is 0 Å². The maximum Gasteiger partial charge on any atom is 0.228 e. The highest BCUT2D eigenvalue weighted by Gasteiger charge is 2.27. The van der Waals surface area contributed by atoms with Crippen molar-refractivity contribution in [2.24, 2.45) is 5.92 Å². The van der Waals surface area contributed by atoms with Crippen LogP contribution in [0.25, 0.3) is 11.0 Å². The van der Waals surface area contributed by atoms with Crippen LogP contribution in [-0.2, 0) is 17.9 Å². The molecule has 1 aliphatic heterocycles. The molecule has 1 aromatic heterocycles. The average Bonchev–Trinajstić information content (AvgIpc) is 3.19. The monoisotopic (exact) mass is 494 g/mol. The molecule has 2 heterocycles. The van der Waals surface area contributed by atoms with Crippen molar-refractivity contribution in [3.8, 4) is 0 Å². The van der Waals surface area contributed by atoms with Gasteiger partial charge in [-0.3, -0.25) is 9.69 Å². The van der Waals surface area contributed by atoms with E-state index in [-0.39, 0.29) is 17.5 Å². The molecule has 5 rings (SSSR count). The number of likely N-dealkylation sites (tertiary alicyclic amines) is 1. The Bertz CT molecular complexity index is 1360. The molecule has 0 spiro atoms. The molecule has 0 unspecified atom stereocenters. The molecule has 1 fully saturated rings. The Balaban J connectivity index is 1.33. The first-order valence-corrected chi connectivity index (χ1v) is 12.0. The highest BCUT2D eigenvalue weighted by Crippen LogP contribution is 2.24. The normalized spacial score (nSPS) is 16.5. The quantitative estimate of drug-likeness (QED) is 0.365. The first-order chi connectivity index (χ1) is 17.0. The summed E-state index contributed by atoms with van der Waals surface area (Å²) in [7, 11) is 0. The Morgan fingerprint density at radius 3 is 2.66 bits per heavy atom. The summed E-state index contributed by atoms with van der Waals surface area (Å²) in [5.74, 6) is -1.07. The van der Waals surface area contributed by atoms with E-state index in [1.807, 2.05) is 42.5 Å². The number of rotatable bonds is 6. The molecule has 1 N–H and O–H groups in total. The van der Waals surface area contributed by atoms with E-state index in [9.17, 15) is 13.6 Å². The second-order valence-corrected chi connectivity index (χ2v) is 9.35. The van der Waals surface area contributed by atoms with Gasteiger partial charge < -0.3 is 9.88 Å². The van der Waals surface area contributed by atoms with Gasteiger partial charge in [0.05, 0.1) is 29.2 Å². The SMILES string of the molecule is O=C(Nc1ccc(F)cc1F)[C@H]1CCCN(Cc2nc3ccccc3n2Cc2ccc(Cl)cc2)C1. The van der Waals surface area contributed by atoms with Crippen molar-refractivity contribution in [3.05, 3.63) is 94.8 Å². The van der Waals surface area contributed by atoms with Gasteiger partial charge in [0.25, 0.3) is 0 Å². The van der Waals surface area contributed by atoms with Gasteiger partial charge in [-0.25, -0.2) is 13.8 Å². The minimum Gasteiger partial charge on any atom is -0.323 e. The number of hydrogen-bond donors (Lipinski definition) is 1. The van der Waals surface area contributed by atoms with Crippen molar-refractivity contribution in [3.63, 3.8) is 0 Å². The van der Waals surface area contributed by atoms with Crippen molar-refractivity contribution < 1.29 is 13.6 Å². The highest BCUT2D eigenvalue weighted by molar-refractivity contribution is 6.30. The third-order valence-corrected chi connectivity index (χ3v) is 6.67. The minimum atomic E-state index is -0.776. The lowest BCUT2D eigenvalue weighted by Gasteiger charge is -2.31. The number of hydrogen-bond acceptors (Lipinski definition) is 3. The maximum absolute atomic E-state index is 14.0. The number of halogens is 3. The predicted molar refractivity (Wildman–Crippen MR) is 133 cm³/mol. The number of benzene rings is 3. The summed E-state index contributed by atoms with van der Waals surface area (Å²) in [5, 5.41) is 3.32. The van der Waals surface area contributed by atoms with Crippen molar-refractivity contribution in [1.82, 2.24) is 14.5 Å². The molecule has 0 aliphatic carbocycles. The molecule has 0 bridgehead atoms. The fourth-order valence-electron chi connectivity index (χ4n) is 4.63. The lowest BCUT2D eigenvalue weighted by Crippen LogP contribution is -2.40. The number of piperidine rings is 1. The first kappa shape index (κ1) is 23.5. The Morgan fingerprint density at radius 1 is 1.06 bits per heavy atom. The molecule has 3 aromatic carbocycles. The molecule has 35 heavy (non-hydrogen) atoms. The van der Waals surface area contributed by atoms with Crippen LogP contribution < -0.4 is 5.32 Å². The number of aromatic nitrogens is 2. The van der Waals surface area contributed by atoms with E-state index in [0.717, 1.165) is 47.5 Å². The molecule has 1 aliphatic rings. The molecular formula is C27H25ClF2N4O. The van der Waals surface area contributed by atoms with E-state index in [0.29, 0.717) is 31.1 Å². The van der Waals surface area contributed by atoms with Gasteiger partial charge in [-0.1, -0.05) is 35.9 Å². The van der Waals surface area contributed by atoms with Gasteiger partial charge in [0.2, 0.25) is 5.91 Å². The number of amides is 1. The Labute approximate surface area is 207 Å². The second-order valence-electron chi connectivity index (χ2n) is 8.92. The summed E-state index contributed by atoms with van der Waals surface area (Å²) in [6, 6.07) is 19.0. The van der Waals surface area contributed by atoms with Crippen LogP contribution in [0, 0.1) is 17.6 Å². The average molecular weight is 495 g/mol. The molecular weight excluding hydrogens is 470 g/mol. The number of nitrogens with one attached hydrogen (secondary N) is 1. The summed E-state index contributed by atoms with van der Waals surface area (Å²) < 4.78 is 29.4. The molecule has 1 atom stereocenters. The Morgan fingerprint density at radius 2 is 1.86 bits per heavy atom. The number of carbonyl (C=O) groups is 1. The third kappa shape index (κ3) is 5.36. The van der Waals surface area contributed by atoms with Gasteiger partial charge in [0.1, 0.15) is 17.5 Å². The summed E-state index contributed by atoms with van der Waals surface area (Å²) in [6.45, 7) is 2.64. The minimum absolute atomic E-state index is 0.00159. The van der Waals surface area contributed by atoms with E-state index in [1.165, 1.54) is 6.07 Å². The van der Waals surface area contributed by atoms with Gasteiger partial charge in [0, 0.05) is 24.2 Å². The number of nitrogens with zero attached hydrogens (tertiary/aromatic N) is 3. The number of anilines is 1. The topological polar surface area (TPSA) is 50.2 Å². The summed E-state index contributed by atoms with van der Waals surface area (Å²) in [5.41, 5.74) is 3.10. The first-order valence-electron chi connectivity index (χ1n) is 11.6. The van der Waals surface area contributed by atoms with Crippen molar-refractivity contribution in [2.45, 2.75) is 25.9 Å². The highest BCUT2D eigenvalue weighted by atomic mass is 35.5. The lowest BCUT2D eigenvalue weighted by atomic mass is 9.97. The van der Waals surface area contributed by atoms with E-state index in [2.05, 4.69) is 20.9 Å². The standard InChI is InChI=1S/C27H25ClF2N4O/c28-20-9-7-18(8-10-20)15-34-25-6-2-1-5-24(25)31-26(34)17-33-13-3-4-19(16-33)27(35)32-23-12-11-21(29)14-22(23)30/h1-2,5-12,14,19H,3-4,13,15-17H2,(H,32,35)/t19-/m0/s1. The molecule has 0 saturated carbocycles. The molecule has 1 saturated heterocycles. The molecule has 0 radical (unpaired) electrons. The Hall–Kier alpha value is -3.29. The summed E-state index contributed by atoms with van der Waals surface area (Å²) in [4.78, 5) is 20.0. The van der Waals surface area contributed by atoms with Gasteiger partial charge in [-0.15, -0.1) is 0 Å². The van der Waals surface area contributed by atoms with Gasteiger partial charge in [-0.05, 0) is 61.3 Å². The number of carbonyl (C=O) groups excluding carboxylic acids is 1. The Kier molecular flexibility index (Phi) is 6.79. The molecule has 5 nitrogen and oxygen atoms in total. The zero-order valence-corrected chi connectivity index (χ0v) is 19.8. The van der Waals surface area contributed by atoms with Crippen LogP contribution in [0.1, 0.15) is 24.2 Å². The summed E-state index contributed by atoms with van der Waals surface area (Å²) >= 11 is 6.06. The van der Waals surface area contributed by atoms with E-state index >= 15 is 0 Å². The van der Waals surface area contributed by atoms with Crippen LogP contribution in [0.15, 0.2) is 66.7 Å². The number of para-hydroxylation sites is 2. The lowest BCUT2D eigenvalue weighted by molar-refractivity contribution is -0.121. The molecule has 8 heteroatoms. The van der Waals surface area contributed by atoms with Gasteiger partial charge >= 0.3 is 0 Å². The van der Waals surface area contributed by atoms with Crippen LogP contribution in [0.5, 0.6) is 0 Å². The zero-order valence-electron chi connectivity index (χ0n) is 19.1. The largest absolute Gasteiger partial charge is 0.323 e. The fraction of sp³-hybridized carbons (Fsp3) is 0.259. The predicted octanol–water partition coefficient (Wildman–Crippen LogP) is 5.87. The van der Waals surface area contributed by atoms with E-state index in [4.69, 9.17) is 16.6 Å². The van der Waals surface area contributed by atoms with Crippen molar-refractivity contribution in [1.29, 1.82) is 0 Å². The zero-order chi connectivity index (χ0) is 24.4. The third-order valence-electron chi connectivity index (χ3n) is 6.42. The molecule has 4 aromatic rings. The molecule has 180 valence electrons. The second kappa shape index (κ2) is 10.1. The number of imidazole rings is 1. The smallest absolute Gasteiger partial charge is 0.228 e. The van der Waals surface area contributed by atoms with Crippen molar-refractivity contribution in [2.75, 3.05) is 18.4 Å². The van der Waals surface area contributed by atoms with E-state index in [1.54, 1.807) is 0 Å². The molecule has 1 amide bonds. The van der Waals surface area contributed by atoms with Crippen molar-refractivity contribution >= 4 is 34.2 Å². The van der Waals surface area contributed by atoms with E-state index < -0.39 is 11.6 Å². The van der Waals surface area contributed by atoms with Crippen LogP contribution in [0.3, 0.4) is 0 Å². The van der Waals surface area contributed by atoms with Crippen LogP contribution in [0.2, 0.25) is 5.02 Å².